The zero-order chi connectivity index (χ0) is 21.3. The normalized spacial score (nSPS) is 14.4. The number of anilines is 1. The number of carbonyl (C=O) groups is 2. The van der Waals surface area contributed by atoms with Crippen molar-refractivity contribution in [3.63, 3.8) is 0 Å². The number of halogens is 1. The molecular weight excluding hydrogens is 385 g/mol. The van der Waals surface area contributed by atoms with Crippen molar-refractivity contribution >= 4 is 17.5 Å². The zero-order valence-corrected chi connectivity index (χ0v) is 17.3. The molecule has 0 atom stereocenters. The minimum atomic E-state index is -0.388. The summed E-state index contributed by atoms with van der Waals surface area (Å²) < 4.78 is 18.9. The number of benzene rings is 2. The van der Waals surface area contributed by atoms with Crippen LogP contribution < -0.4 is 10.1 Å². The standard InChI is InChI=1S/C23H28FN3O3/c1-2-3-15-30-21-9-7-18(8-10-21)23(29)27-13-11-26(12-14-27)17-22(28)25-20-6-4-5-19(24)16-20/h4-10,16H,2-3,11-15,17H2,1H3,(H,25,28). The molecule has 6 nitrogen and oxygen atoms in total. The van der Waals surface area contributed by atoms with Gasteiger partial charge in [-0.1, -0.05) is 19.4 Å². The van der Waals surface area contributed by atoms with Crippen molar-refractivity contribution < 1.29 is 18.7 Å². The lowest BCUT2D eigenvalue weighted by Crippen LogP contribution is -2.50. The summed E-state index contributed by atoms with van der Waals surface area (Å²) in [6.07, 6.45) is 2.08. The molecule has 1 aliphatic rings. The van der Waals surface area contributed by atoms with Crippen LogP contribution in [0, 0.1) is 5.82 Å². The Morgan fingerprint density at radius 2 is 1.80 bits per heavy atom. The number of hydrogen-bond acceptors (Lipinski definition) is 4. The van der Waals surface area contributed by atoms with E-state index >= 15 is 0 Å². The summed E-state index contributed by atoms with van der Waals surface area (Å²) in [5.41, 5.74) is 1.08. The maximum Gasteiger partial charge on any atom is 0.253 e. The van der Waals surface area contributed by atoms with Gasteiger partial charge in [0.1, 0.15) is 11.6 Å². The summed E-state index contributed by atoms with van der Waals surface area (Å²) >= 11 is 0. The average molecular weight is 413 g/mol. The van der Waals surface area contributed by atoms with E-state index in [0.29, 0.717) is 44.0 Å². The molecule has 2 aromatic carbocycles. The highest BCUT2D eigenvalue weighted by Gasteiger charge is 2.23. The number of piperazine rings is 1. The largest absolute Gasteiger partial charge is 0.494 e. The lowest BCUT2D eigenvalue weighted by Gasteiger charge is -2.34. The highest BCUT2D eigenvalue weighted by molar-refractivity contribution is 5.94. The smallest absolute Gasteiger partial charge is 0.253 e. The second-order valence-corrected chi connectivity index (χ2v) is 7.35. The zero-order valence-electron chi connectivity index (χ0n) is 17.3. The van der Waals surface area contributed by atoms with Crippen LogP contribution in [-0.2, 0) is 4.79 Å². The number of carbonyl (C=O) groups excluding carboxylic acids is 2. The van der Waals surface area contributed by atoms with Crippen molar-refractivity contribution in [2.24, 2.45) is 0 Å². The first-order valence-electron chi connectivity index (χ1n) is 10.3. The third-order valence-corrected chi connectivity index (χ3v) is 5.00. The SMILES string of the molecule is CCCCOc1ccc(C(=O)N2CCN(CC(=O)Nc3cccc(F)c3)CC2)cc1. The molecule has 160 valence electrons. The Morgan fingerprint density at radius 1 is 1.07 bits per heavy atom. The number of unbranched alkanes of at least 4 members (excludes halogenated alkanes) is 1. The molecule has 1 saturated heterocycles. The molecule has 1 aliphatic heterocycles. The van der Waals surface area contributed by atoms with Gasteiger partial charge in [-0.25, -0.2) is 4.39 Å². The fraction of sp³-hybridized carbons (Fsp3) is 0.391. The maximum absolute atomic E-state index is 13.2. The second kappa shape index (κ2) is 10.7. The molecule has 2 aromatic rings. The second-order valence-electron chi connectivity index (χ2n) is 7.35. The molecule has 0 saturated carbocycles. The van der Waals surface area contributed by atoms with E-state index in [1.165, 1.54) is 12.1 Å². The summed E-state index contributed by atoms with van der Waals surface area (Å²) in [4.78, 5) is 28.7. The van der Waals surface area contributed by atoms with Gasteiger partial charge in [-0.2, -0.15) is 0 Å². The molecule has 0 radical (unpaired) electrons. The van der Waals surface area contributed by atoms with E-state index in [9.17, 15) is 14.0 Å². The molecule has 0 bridgehead atoms. The Labute approximate surface area is 176 Å². The minimum Gasteiger partial charge on any atom is -0.494 e. The number of hydrogen-bond donors (Lipinski definition) is 1. The van der Waals surface area contributed by atoms with Crippen LogP contribution in [0.3, 0.4) is 0 Å². The molecule has 1 N–H and O–H groups in total. The van der Waals surface area contributed by atoms with E-state index in [0.717, 1.165) is 18.6 Å². The molecule has 0 aromatic heterocycles. The quantitative estimate of drug-likeness (QED) is 0.674. The van der Waals surface area contributed by atoms with Crippen LogP contribution in [0.5, 0.6) is 5.75 Å². The number of ether oxygens (including phenoxy) is 1. The third-order valence-electron chi connectivity index (χ3n) is 5.00. The molecule has 0 spiro atoms. The van der Waals surface area contributed by atoms with Crippen LogP contribution >= 0.6 is 0 Å². The lowest BCUT2D eigenvalue weighted by atomic mass is 10.1. The van der Waals surface area contributed by atoms with Gasteiger partial charge in [-0.15, -0.1) is 0 Å². The van der Waals surface area contributed by atoms with Crippen molar-refractivity contribution in [2.45, 2.75) is 19.8 Å². The van der Waals surface area contributed by atoms with Crippen LogP contribution in [0.1, 0.15) is 30.1 Å². The number of nitrogens with one attached hydrogen (secondary N) is 1. The van der Waals surface area contributed by atoms with Crippen molar-refractivity contribution in [3.05, 3.63) is 59.9 Å². The first-order valence-corrected chi connectivity index (χ1v) is 10.3. The summed E-state index contributed by atoms with van der Waals surface area (Å²) in [6.45, 7) is 5.34. The van der Waals surface area contributed by atoms with E-state index in [4.69, 9.17) is 4.74 Å². The molecule has 7 heteroatoms. The van der Waals surface area contributed by atoms with E-state index in [2.05, 4.69) is 12.2 Å². The first kappa shape index (κ1) is 21.8. The van der Waals surface area contributed by atoms with Gasteiger partial charge in [0.2, 0.25) is 5.91 Å². The summed E-state index contributed by atoms with van der Waals surface area (Å²) in [6, 6.07) is 13.1. The van der Waals surface area contributed by atoms with Gasteiger partial charge in [0.25, 0.3) is 5.91 Å². The third kappa shape index (κ3) is 6.29. The van der Waals surface area contributed by atoms with Crippen molar-refractivity contribution in [2.75, 3.05) is 44.6 Å². The van der Waals surface area contributed by atoms with Gasteiger partial charge in [0.15, 0.2) is 0 Å². The fourth-order valence-corrected chi connectivity index (χ4v) is 3.29. The Kier molecular flexibility index (Phi) is 7.79. The molecule has 1 heterocycles. The molecule has 1 fully saturated rings. The molecule has 0 unspecified atom stereocenters. The van der Waals surface area contributed by atoms with Gasteiger partial charge in [-0.3, -0.25) is 14.5 Å². The number of nitrogens with zero attached hydrogens (tertiary/aromatic N) is 2. The number of rotatable bonds is 8. The fourth-order valence-electron chi connectivity index (χ4n) is 3.29. The van der Waals surface area contributed by atoms with Crippen LogP contribution in [0.25, 0.3) is 0 Å². The van der Waals surface area contributed by atoms with E-state index < -0.39 is 0 Å². The highest BCUT2D eigenvalue weighted by atomic mass is 19.1. The molecule has 3 rings (SSSR count). The Hall–Kier alpha value is -2.93. The summed E-state index contributed by atoms with van der Waals surface area (Å²) in [5.74, 6) is 0.174. The van der Waals surface area contributed by atoms with Crippen molar-refractivity contribution in [1.82, 2.24) is 9.80 Å². The highest BCUT2D eigenvalue weighted by Crippen LogP contribution is 2.15. The minimum absolute atomic E-state index is 0.0148. The first-order chi connectivity index (χ1) is 14.5. The predicted octanol–water partition coefficient (Wildman–Crippen LogP) is 3.40. The van der Waals surface area contributed by atoms with Crippen LogP contribution in [-0.4, -0.2) is 60.9 Å². The van der Waals surface area contributed by atoms with Crippen LogP contribution in [0.4, 0.5) is 10.1 Å². The van der Waals surface area contributed by atoms with Crippen LogP contribution in [0.2, 0.25) is 0 Å². The van der Waals surface area contributed by atoms with Crippen molar-refractivity contribution in [3.8, 4) is 5.75 Å². The summed E-state index contributed by atoms with van der Waals surface area (Å²) in [7, 11) is 0. The van der Waals surface area contributed by atoms with E-state index in [-0.39, 0.29) is 24.2 Å². The molecule has 30 heavy (non-hydrogen) atoms. The molecule has 2 amide bonds. The molecular formula is C23H28FN3O3. The van der Waals surface area contributed by atoms with Crippen molar-refractivity contribution in [1.29, 1.82) is 0 Å². The Morgan fingerprint density at radius 3 is 2.47 bits per heavy atom. The predicted molar refractivity (Wildman–Crippen MR) is 114 cm³/mol. The number of amides is 2. The van der Waals surface area contributed by atoms with Gasteiger partial charge >= 0.3 is 0 Å². The van der Waals surface area contributed by atoms with Gasteiger partial charge in [0, 0.05) is 37.4 Å². The maximum atomic E-state index is 13.2. The van der Waals surface area contributed by atoms with E-state index in [1.807, 2.05) is 17.0 Å². The lowest BCUT2D eigenvalue weighted by molar-refractivity contribution is -0.117. The summed E-state index contributed by atoms with van der Waals surface area (Å²) in [5, 5.41) is 2.70. The van der Waals surface area contributed by atoms with Gasteiger partial charge in [-0.05, 0) is 48.9 Å². The monoisotopic (exact) mass is 413 g/mol. The van der Waals surface area contributed by atoms with Crippen LogP contribution in [0.15, 0.2) is 48.5 Å². The van der Waals surface area contributed by atoms with Gasteiger partial charge < -0.3 is 15.0 Å². The average Bonchev–Trinajstić information content (AvgIpc) is 2.74. The Bertz CT molecular complexity index is 849. The molecule has 0 aliphatic carbocycles. The Balaban J connectivity index is 1.44. The van der Waals surface area contributed by atoms with Gasteiger partial charge in [0.05, 0.1) is 13.2 Å². The van der Waals surface area contributed by atoms with E-state index in [1.54, 1.807) is 29.2 Å². The topological polar surface area (TPSA) is 61.9 Å².